The Hall–Kier alpha value is -3.88. The molecule has 0 unspecified atom stereocenters. The van der Waals surface area contributed by atoms with E-state index < -0.39 is 17.5 Å². The molecule has 3 aromatic carbocycles. The lowest BCUT2D eigenvalue weighted by molar-refractivity contribution is -0.0735. The van der Waals surface area contributed by atoms with E-state index in [1.54, 1.807) is 54.6 Å². The molecule has 0 saturated heterocycles. The topological polar surface area (TPSA) is 72.8 Å². The van der Waals surface area contributed by atoms with Crippen molar-refractivity contribution in [2.75, 3.05) is 0 Å². The van der Waals surface area contributed by atoms with Gasteiger partial charge in [-0.1, -0.05) is 56.2 Å². The van der Waals surface area contributed by atoms with E-state index >= 15 is 0 Å². The fourth-order valence-electron chi connectivity index (χ4n) is 7.93. The average Bonchev–Trinajstić information content (AvgIpc) is 3.24. The van der Waals surface area contributed by atoms with E-state index in [4.69, 9.17) is 15.9 Å². The average molecular weight is 535 g/mol. The van der Waals surface area contributed by atoms with Crippen molar-refractivity contribution in [1.82, 2.24) is 0 Å². The van der Waals surface area contributed by atoms with E-state index in [-0.39, 0.29) is 17.3 Å². The van der Waals surface area contributed by atoms with Crippen molar-refractivity contribution in [1.29, 1.82) is 0 Å². The zero-order chi connectivity index (χ0) is 28.1. The van der Waals surface area contributed by atoms with Crippen LogP contribution in [0.2, 0.25) is 0 Å². The van der Waals surface area contributed by atoms with E-state index in [1.807, 2.05) is 18.2 Å². The molecule has 3 aliphatic carbocycles. The monoisotopic (exact) mass is 534 g/mol. The Balaban J connectivity index is 1.40. The third kappa shape index (κ3) is 4.22. The van der Waals surface area contributed by atoms with Crippen LogP contribution in [0.3, 0.4) is 0 Å². The maximum atomic E-state index is 13.3. The lowest BCUT2D eigenvalue weighted by Crippen LogP contribution is -2.51. The highest BCUT2D eigenvalue weighted by Crippen LogP contribution is 2.66. The summed E-state index contributed by atoms with van der Waals surface area (Å²) in [6.45, 7) is 4.42. The van der Waals surface area contributed by atoms with Gasteiger partial charge in [-0.3, -0.25) is 0 Å². The molecule has 204 valence electrons. The van der Waals surface area contributed by atoms with Gasteiger partial charge in [-0.15, -0.1) is 6.42 Å². The molecule has 6 atom stereocenters. The Bertz CT molecular complexity index is 1490. The number of fused-ring (bicyclic) bond motifs is 5. The van der Waals surface area contributed by atoms with Gasteiger partial charge in [0.05, 0.1) is 11.1 Å². The molecule has 3 aromatic rings. The molecule has 2 saturated carbocycles. The lowest BCUT2D eigenvalue weighted by atomic mass is 9.51. The number of carbonyl (C=O) groups is 2. The Morgan fingerprint density at radius 1 is 0.925 bits per heavy atom. The van der Waals surface area contributed by atoms with Crippen LogP contribution < -0.4 is 9.47 Å². The van der Waals surface area contributed by atoms with Gasteiger partial charge in [0.1, 0.15) is 17.1 Å². The summed E-state index contributed by atoms with van der Waals surface area (Å²) in [6, 6.07) is 21.4. The van der Waals surface area contributed by atoms with Gasteiger partial charge in [0.15, 0.2) is 0 Å². The van der Waals surface area contributed by atoms with Crippen molar-refractivity contribution < 1.29 is 24.2 Å². The summed E-state index contributed by atoms with van der Waals surface area (Å²) in [5.41, 5.74) is 1.52. The van der Waals surface area contributed by atoms with Crippen LogP contribution >= 0.6 is 0 Å². The first-order chi connectivity index (χ1) is 19.2. The zero-order valence-corrected chi connectivity index (χ0v) is 22.9. The minimum absolute atomic E-state index is 0.148. The smallest absolute Gasteiger partial charge is 0.343 e. The summed E-state index contributed by atoms with van der Waals surface area (Å²) in [4.78, 5) is 26.2. The van der Waals surface area contributed by atoms with E-state index in [0.717, 1.165) is 36.8 Å². The van der Waals surface area contributed by atoms with Gasteiger partial charge in [0.25, 0.3) is 0 Å². The number of terminal acetylenes is 1. The van der Waals surface area contributed by atoms with Gasteiger partial charge in [-0.25, -0.2) is 9.59 Å². The number of esters is 2. The maximum Gasteiger partial charge on any atom is 0.343 e. The molecular weight excluding hydrogens is 500 g/mol. The number of benzene rings is 3. The second kappa shape index (κ2) is 9.94. The number of hydrogen-bond acceptors (Lipinski definition) is 5. The van der Waals surface area contributed by atoms with Gasteiger partial charge in [-0.05, 0) is 91.7 Å². The molecule has 0 aromatic heterocycles. The third-order valence-electron chi connectivity index (χ3n) is 9.93. The predicted molar refractivity (Wildman–Crippen MR) is 152 cm³/mol. The van der Waals surface area contributed by atoms with Crippen LogP contribution in [-0.4, -0.2) is 22.6 Å². The van der Waals surface area contributed by atoms with Crippen LogP contribution in [0.25, 0.3) is 0 Å². The Labute approximate surface area is 235 Å². The van der Waals surface area contributed by atoms with Crippen LogP contribution in [0, 0.1) is 35.5 Å². The number of aliphatic hydroxyl groups is 1. The first kappa shape index (κ1) is 26.3. The molecule has 3 aliphatic rings. The largest absolute Gasteiger partial charge is 0.423 e. The minimum atomic E-state index is -1.10. The van der Waals surface area contributed by atoms with Crippen LogP contribution in [-0.2, 0) is 6.42 Å². The first-order valence-corrected chi connectivity index (χ1v) is 14.2. The predicted octanol–water partition coefficient (Wildman–Crippen LogP) is 6.59. The quantitative estimate of drug-likeness (QED) is 0.232. The van der Waals surface area contributed by atoms with Crippen molar-refractivity contribution in [3.8, 4) is 23.8 Å². The molecule has 5 nitrogen and oxygen atoms in total. The molecule has 0 spiro atoms. The first-order valence-electron chi connectivity index (χ1n) is 14.2. The molecule has 40 heavy (non-hydrogen) atoms. The van der Waals surface area contributed by atoms with Crippen molar-refractivity contribution in [2.24, 2.45) is 23.2 Å². The van der Waals surface area contributed by atoms with Crippen molar-refractivity contribution in [2.45, 2.75) is 57.5 Å². The van der Waals surface area contributed by atoms with Crippen LogP contribution in [0.1, 0.15) is 77.3 Å². The molecule has 0 radical (unpaired) electrons. The standard InChI is InChI=1S/C35H34O5/c1-4-35(38)18-16-28-30-22(2)19-25-20-26(39-32(36)23-11-7-5-8-12-23)21-29(31(25)27(30)15-17-34(28,35)3)40-33(37)24-13-9-6-10-14-24/h1,5-14,20-22,27-28,30,38H,15-19H2,2-3H3/t22-,27+,28+,30-,34+,35+/m1/s1. The fraction of sp³-hybridized carbons (Fsp3) is 0.371. The number of hydrogen-bond donors (Lipinski definition) is 1. The fourth-order valence-corrected chi connectivity index (χ4v) is 7.93. The highest BCUT2D eigenvalue weighted by molar-refractivity contribution is 5.92. The lowest BCUT2D eigenvalue weighted by Gasteiger charge is -2.54. The molecular formula is C35H34O5. The molecule has 2 fully saturated rings. The van der Waals surface area contributed by atoms with E-state index in [0.29, 0.717) is 40.9 Å². The Morgan fingerprint density at radius 3 is 2.17 bits per heavy atom. The second-order valence-electron chi connectivity index (χ2n) is 12.0. The molecule has 0 bridgehead atoms. The SMILES string of the molecule is C#C[C@]1(O)CC[C@H]2[C@@H]3[C@H](C)Cc4cc(OC(=O)c5ccccc5)cc(OC(=O)c5ccccc5)c4[C@H]3CC[C@@]21C. The molecule has 0 heterocycles. The summed E-state index contributed by atoms with van der Waals surface area (Å²) in [6.07, 6.45) is 9.74. The van der Waals surface area contributed by atoms with E-state index in [2.05, 4.69) is 19.8 Å². The van der Waals surface area contributed by atoms with Crippen LogP contribution in [0.5, 0.6) is 11.5 Å². The molecule has 6 rings (SSSR count). The van der Waals surface area contributed by atoms with Crippen molar-refractivity contribution in [3.63, 3.8) is 0 Å². The molecule has 0 amide bonds. The zero-order valence-electron chi connectivity index (χ0n) is 22.9. The summed E-state index contributed by atoms with van der Waals surface area (Å²) < 4.78 is 11.9. The highest BCUT2D eigenvalue weighted by atomic mass is 16.5. The van der Waals surface area contributed by atoms with Gasteiger partial charge in [-0.2, -0.15) is 0 Å². The second-order valence-corrected chi connectivity index (χ2v) is 12.0. The Kier molecular flexibility index (Phi) is 6.55. The molecule has 1 N–H and O–H groups in total. The number of carbonyl (C=O) groups excluding carboxylic acids is 2. The minimum Gasteiger partial charge on any atom is -0.423 e. The van der Waals surface area contributed by atoms with Crippen molar-refractivity contribution in [3.05, 3.63) is 95.1 Å². The van der Waals surface area contributed by atoms with Gasteiger partial charge >= 0.3 is 11.9 Å². The molecule has 5 heteroatoms. The number of ether oxygens (including phenoxy) is 2. The third-order valence-corrected chi connectivity index (χ3v) is 9.93. The normalized spacial score (nSPS) is 30.2. The summed E-state index contributed by atoms with van der Waals surface area (Å²) in [7, 11) is 0. The Morgan fingerprint density at radius 2 is 1.55 bits per heavy atom. The van der Waals surface area contributed by atoms with Gasteiger partial charge in [0, 0.05) is 17.0 Å². The number of rotatable bonds is 4. The van der Waals surface area contributed by atoms with Gasteiger partial charge in [0.2, 0.25) is 0 Å². The van der Waals surface area contributed by atoms with E-state index in [1.165, 1.54) is 0 Å². The van der Waals surface area contributed by atoms with Gasteiger partial charge < -0.3 is 14.6 Å². The summed E-state index contributed by atoms with van der Waals surface area (Å²) in [5, 5.41) is 11.4. The maximum absolute atomic E-state index is 13.3. The summed E-state index contributed by atoms with van der Waals surface area (Å²) in [5.74, 6) is 3.66. The van der Waals surface area contributed by atoms with Crippen LogP contribution in [0.15, 0.2) is 72.8 Å². The molecule has 0 aliphatic heterocycles. The highest BCUT2D eigenvalue weighted by Gasteiger charge is 2.62. The van der Waals surface area contributed by atoms with Crippen LogP contribution in [0.4, 0.5) is 0 Å². The van der Waals surface area contributed by atoms with Crippen molar-refractivity contribution >= 4 is 11.9 Å². The summed E-state index contributed by atoms with van der Waals surface area (Å²) >= 11 is 0. The van der Waals surface area contributed by atoms with E-state index in [9.17, 15) is 14.7 Å².